The Bertz CT molecular complexity index is 540. The summed E-state index contributed by atoms with van der Waals surface area (Å²) in [7, 11) is 0. The van der Waals surface area contributed by atoms with E-state index >= 15 is 0 Å². The molecule has 1 aromatic rings. The molecule has 0 bridgehead atoms. The quantitative estimate of drug-likeness (QED) is 0.835. The third-order valence-electron chi connectivity index (χ3n) is 3.30. The number of hydrogen-bond donors (Lipinski definition) is 1. The van der Waals surface area contributed by atoms with Crippen LogP contribution in [0.25, 0.3) is 0 Å². The van der Waals surface area contributed by atoms with Gasteiger partial charge in [0.05, 0.1) is 0 Å². The first kappa shape index (κ1) is 16.8. The van der Waals surface area contributed by atoms with Gasteiger partial charge in [-0.05, 0) is 38.5 Å². The summed E-state index contributed by atoms with van der Waals surface area (Å²) >= 11 is 1.78. The molecular weight excluding hydrogens is 276 g/mol. The van der Waals surface area contributed by atoms with Crippen LogP contribution < -0.4 is 5.69 Å². The van der Waals surface area contributed by atoms with Crippen molar-refractivity contribution in [1.29, 1.82) is 0 Å². The van der Waals surface area contributed by atoms with E-state index in [-0.39, 0.29) is 18.2 Å². The molecule has 0 spiro atoms. The molecule has 0 saturated heterocycles. The number of aromatic nitrogens is 2. The van der Waals surface area contributed by atoms with Crippen LogP contribution in [-0.2, 0) is 11.2 Å². The predicted molar refractivity (Wildman–Crippen MR) is 81.6 cm³/mol. The van der Waals surface area contributed by atoms with Crippen molar-refractivity contribution in [2.75, 3.05) is 11.5 Å². The van der Waals surface area contributed by atoms with Gasteiger partial charge in [0.2, 0.25) is 0 Å². The van der Waals surface area contributed by atoms with E-state index in [1.54, 1.807) is 23.3 Å². The lowest BCUT2D eigenvalue weighted by Gasteiger charge is -2.20. The van der Waals surface area contributed by atoms with Crippen molar-refractivity contribution in [1.82, 2.24) is 9.55 Å². The fourth-order valence-corrected chi connectivity index (χ4v) is 3.02. The first-order chi connectivity index (χ1) is 9.38. The average molecular weight is 298 g/mol. The second-order valence-corrected chi connectivity index (χ2v) is 6.13. The molecule has 0 aliphatic rings. The van der Waals surface area contributed by atoms with Crippen molar-refractivity contribution >= 4 is 17.7 Å². The molecule has 20 heavy (non-hydrogen) atoms. The number of hydrogen-bond acceptors (Lipinski definition) is 4. The summed E-state index contributed by atoms with van der Waals surface area (Å²) in [6, 6.07) is 0.0594. The van der Waals surface area contributed by atoms with Crippen molar-refractivity contribution in [3.63, 3.8) is 0 Å². The number of carboxylic acids is 1. The van der Waals surface area contributed by atoms with Crippen LogP contribution in [0, 0.1) is 13.8 Å². The van der Waals surface area contributed by atoms with Crippen LogP contribution in [0.1, 0.15) is 43.3 Å². The topological polar surface area (TPSA) is 72.2 Å². The maximum absolute atomic E-state index is 12.1. The van der Waals surface area contributed by atoms with Gasteiger partial charge in [-0.3, -0.25) is 9.36 Å². The molecule has 5 nitrogen and oxygen atoms in total. The molecule has 1 N–H and O–H groups in total. The standard InChI is InChI=1S/C14H22N2O3S/c1-5-20-8-9(2)16-11(4)12(6-7-13(17)18)10(3)15-14(16)19/h9H,5-8H2,1-4H3,(H,17,18). The summed E-state index contributed by atoms with van der Waals surface area (Å²) in [4.78, 5) is 26.9. The summed E-state index contributed by atoms with van der Waals surface area (Å²) in [5.41, 5.74) is 2.11. The number of thioether (sulfide) groups is 1. The SMILES string of the molecule is CCSCC(C)n1c(C)c(CCC(=O)O)c(C)nc1=O. The van der Waals surface area contributed by atoms with E-state index in [4.69, 9.17) is 5.11 Å². The Labute approximate surface area is 123 Å². The summed E-state index contributed by atoms with van der Waals surface area (Å²) < 4.78 is 1.69. The van der Waals surface area contributed by atoms with Crippen molar-refractivity contribution in [2.24, 2.45) is 0 Å². The molecular formula is C14H22N2O3S. The smallest absolute Gasteiger partial charge is 0.348 e. The van der Waals surface area contributed by atoms with E-state index in [9.17, 15) is 9.59 Å². The van der Waals surface area contributed by atoms with E-state index in [1.807, 2.05) is 13.8 Å². The third kappa shape index (κ3) is 4.10. The van der Waals surface area contributed by atoms with E-state index in [0.717, 1.165) is 22.8 Å². The van der Waals surface area contributed by atoms with Gasteiger partial charge < -0.3 is 5.11 Å². The zero-order valence-corrected chi connectivity index (χ0v) is 13.3. The van der Waals surface area contributed by atoms with Gasteiger partial charge >= 0.3 is 11.7 Å². The van der Waals surface area contributed by atoms with Gasteiger partial charge in [-0.2, -0.15) is 16.7 Å². The van der Waals surface area contributed by atoms with Gasteiger partial charge in [0.1, 0.15) is 0 Å². The highest BCUT2D eigenvalue weighted by atomic mass is 32.2. The van der Waals surface area contributed by atoms with Crippen LogP contribution in [0.3, 0.4) is 0 Å². The normalized spacial score (nSPS) is 12.4. The highest BCUT2D eigenvalue weighted by molar-refractivity contribution is 7.99. The maximum atomic E-state index is 12.1. The minimum atomic E-state index is -0.837. The lowest BCUT2D eigenvalue weighted by atomic mass is 10.1. The average Bonchev–Trinajstić information content (AvgIpc) is 2.35. The Balaban J connectivity index is 3.14. The highest BCUT2D eigenvalue weighted by Gasteiger charge is 2.16. The summed E-state index contributed by atoms with van der Waals surface area (Å²) in [6.07, 6.45) is 0.466. The molecule has 1 unspecified atom stereocenters. The van der Waals surface area contributed by atoms with E-state index in [1.165, 1.54) is 0 Å². The van der Waals surface area contributed by atoms with Crippen molar-refractivity contribution in [3.05, 3.63) is 27.4 Å². The van der Waals surface area contributed by atoms with E-state index < -0.39 is 5.97 Å². The second-order valence-electron chi connectivity index (χ2n) is 4.82. The monoisotopic (exact) mass is 298 g/mol. The predicted octanol–water partition coefficient (Wildman–Crippen LogP) is 2.19. The molecule has 1 atom stereocenters. The molecule has 0 aliphatic heterocycles. The summed E-state index contributed by atoms with van der Waals surface area (Å²) in [5, 5.41) is 8.81. The first-order valence-electron chi connectivity index (χ1n) is 6.76. The second kappa shape index (κ2) is 7.47. The molecule has 1 heterocycles. The molecule has 0 saturated carbocycles. The molecule has 0 fully saturated rings. The van der Waals surface area contributed by atoms with Crippen LogP contribution in [0.15, 0.2) is 4.79 Å². The number of nitrogens with zero attached hydrogens (tertiary/aromatic N) is 2. The number of carbonyl (C=O) groups is 1. The minimum Gasteiger partial charge on any atom is -0.481 e. The van der Waals surface area contributed by atoms with Crippen LogP contribution in [-0.4, -0.2) is 32.1 Å². The van der Waals surface area contributed by atoms with Gasteiger partial charge in [0.15, 0.2) is 0 Å². The Morgan fingerprint density at radius 3 is 2.65 bits per heavy atom. The summed E-state index contributed by atoms with van der Waals surface area (Å²) in [5.74, 6) is 1.01. The van der Waals surface area contributed by atoms with E-state index in [2.05, 4.69) is 11.9 Å². The van der Waals surface area contributed by atoms with Gasteiger partial charge in [-0.25, -0.2) is 4.79 Å². The molecule has 1 aromatic heterocycles. The largest absolute Gasteiger partial charge is 0.481 e. The molecule has 112 valence electrons. The fourth-order valence-electron chi connectivity index (χ4n) is 2.29. The number of rotatable bonds is 7. The number of aliphatic carboxylic acids is 1. The van der Waals surface area contributed by atoms with Crippen LogP contribution >= 0.6 is 11.8 Å². The zero-order chi connectivity index (χ0) is 15.3. The first-order valence-corrected chi connectivity index (χ1v) is 7.92. The third-order valence-corrected chi connectivity index (χ3v) is 4.42. The Kier molecular flexibility index (Phi) is 6.26. The van der Waals surface area contributed by atoms with Crippen LogP contribution in [0.4, 0.5) is 0 Å². The Morgan fingerprint density at radius 1 is 1.45 bits per heavy atom. The summed E-state index contributed by atoms with van der Waals surface area (Å²) in [6.45, 7) is 7.72. The molecule has 0 aromatic carbocycles. The fraction of sp³-hybridized carbons (Fsp3) is 0.643. The maximum Gasteiger partial charge on any atom is 0.348 e. The zero-order valence-electron chi connectivity index (χ0n) is 12.5. The Morgan fingerprint density at radius 2 is 2.10 bits per heavy atom. The van der Waals surface area contributed by atoms with Gasteiger partial charge in [-0.1, -0.05) is 6.92 Å². The van der Waals surface area contributed by atoms with Crippen LogP contribution in [0.2, 0.25) is 0 Å². The lowest BCUT2D eigenvalue weighted by molar-refractivity contribution is -0.136. The molecule has 0 radical (unpaired) electrons. The molecule has 0 aliphatic carbocycles. The molecule has 1 rings (SSSR count). The van der Waals surface area contributed by atoms with Gasteiger partial charge in [0, 0.05) is 29.6 Å². The highest BCUT2D eigenvalue weighted by Crippen LogP contribution is 2.18. The molecule has 6 heteroatoms. The van der Waals surface area contributed by atoms with E-state index in [0.29, 0.717) is 12.1 Å². The number of aryl methyl sites for hydroxylation is 1. The van der Waals surface area contributed by atoms with Crippen molar-refractivity contribution in [3.8, 4) is 0 Å². The van der Waals surface area contributed by atoms with Crippen molar-refractivity contribution in [2.45, 2.75) is 46.6 Å². The van der Waals surface area contributed by atoms with Crippen molar-refractivity contribution < 1.29 is 9.90 Å². The van der Waals surface area contributed by atoms with Gasteiger partial charge in [0.25, 0.3) is 0 Å². The number of carboxylic acid groups (broad SMARTS) is 1. The Hall–Kier alpha value is -1.30. The van der Waals surface area contributed by atoms with Crippen LogP contribution in [0.5, 0.6) is 0 Å². The lowest BCUT2D eigenvalue weighted by Crippen LogP contribution is -2.31. The molecule has 0 amide bonds. The minimum absolute atomic E-state index is 0.0552. The van der Waals surface area contributed by atoms with Gasteiger partial charge in [-0.15, -0.1) is 0 Å².